The summed E-state index contributed by atoms with van der Waals surface area (Å²) >= 11 is 0. The number of carbonyl (C=O) groups excluding carboxylic acids is 1. The zero-order valence-electron chi connectivity index (χ0n) is 13.4. The third-order valence-electron chi connectivity index (χ3n) is 5.04. The average molecular weight is 290 g/mol. The summed E-state index contributed by atoms with van der Waals surface area (Å²) in [6.45, 7) is 6.52. The molecule has 1 aromatic carbocycles. The SMILES string of the molecule is COC(=O)[C@H]1O[C@@H](CCc2ccccc2)[C@@H](C)[C@@H](C)[C@H]1C. The molecule has 0 radical (unpaired) electrons. The van der Waals surface area contributed by atoms with Gasteiger partial charge in [-0.05, 0) is 36.2 Å². The molecule has 3 heteroatoms. The van der Waals surface area contributed by atoms with E-state index in [9.17, 15) is 4.79 Å². The summed E-state index contributed by atoms with van der Waals surface area (Å²) < 4.78 is 11.0. The molecule has 0 N–H and O–H groups in total. The Balaban J connectivity index is 2.02. The first-order chi connectivity index (χ1) is 10.0. The van der Waals surface area contributed by atoms with Gasteiger partial charge in [0.25, 0.3) is 0 Å². The van der Waals surface area contributed by atoms with Crippen molar-refractivity contribution in [1.82, 2.24) is 0 Å². The quantitative estimate of drug-likeness (QED) is 0.797. The fourth-order valence-electron chi connectivity index (χ4n) is 3.20. The summed E-state index contributed by atoms with van der Waals surface area (Å²) in [5, 5.41) is 0. The molecule has 1 aliphatic rings. The van der Waals surface area contributed by atoms with E-state index in [0.29, 0.717) is 11.8 Å². The van der Waals surface area contributed by atoms with Crippen molar-refractivity contribution in [3.05, 3.63) is 35.9 Å². The van der Waals surface area contributed by atoms with Crippen LogP contribution in [0.3, 0.4) is 0 Å². The Morgan fingerprint density at radius 3 is 2.38 bits per heavy atom. The number of carbonyl (C=O) groups is 1. The van der Waals surface area contributed by atoms with Crippen molar-refractivity contribution in [2.45, 2.75) is 45.8 Å². The van der Waals surface area contributed by atoms with Crippen LogP contribution in [-0.2, 0) is 20.7 Å². The van der Waals surface area contributed by atoms with Gasteiger partial charge in [-0.15, -0.1) is 0 Å². The van der Waals surface area contributed by atoms with Gasteiger partial charge in [0.2, 0.25) is 0 Å². The van der Waals surface area contributed by atoms with Crippen LogP contribution in [0.25, 0.3) is 0 Å². The van der Waals surface area contributed by atoms with Crippen molar-refractivity contribution < 1.29 is 14.3 Å². The lowest BCUT2D eigenvalue weighted by Gasteiger charge is -2.42. The third-order valence-corrected chi connectivity index (χ3v) is 5.04. The largest absolute Gasteiger partial charge is 0.467 e. The fraction of sp³-hybridized carbons (Fsp3) is 0.611. The van der Waals surface area contributed by atoms with Gasteiger partial charge < -0.3 is 9.47 Å². The highest BCUT2D eigenvalue weighted by molar-refractivity contribution is 5.75. The van der Waals surface area contributed by atoms with Crippen LogP contribution < -0.4 is 0 Å². The number of rotatable bonds is 4. The second kappa shape index (κ2) is 7.08. The van der Waals surface area contributed by atoms with Crippen LogP contribution in [-0.4, -0.2) is 25.3 Å². The zero-order chi connectivity index (χ0) is 15.4. The van der Waals surface area contributed by atoms with Crippen LogP contribution in [0.4, 0.5) is 0 Å². The highest BCUT2D eigenvalue weighted by atomic mass is 16.6. The number of esters is 1. The van der Waals surface area contributed by atoms with Crippen LogP contribution >= 0.6 is 0 Å². The van der Waals surface area contributed by atoms with Gasteiger partial charge in [0.05, 0.1) is 13.2 Å². The molecule has 1 aliphatic heterocycles. The highest BCUT2D eigenvalue weighted by Gasteiger charge is 2.42. The van der Waals surface area contributed by atoms with Gasteiger partial charge >= 0.3 is 5.97 Å². The van der Waals surface area contributed by atoms with Gasteiger partial charge in [-0.2, -0.15) is 0 Å². The maximum absolute atomic E-state index is 11.9. The van der Waals surface area contributed by atoms with E-state index in [2.05, 4.69) is 45.0 Å². The first-order valence-electron chi connectivity index (χ1n) is 7.81. The van der Waals surface area contributed by atoms with Crippen LogP contribution in [0, 0.1) is 17.8 Å². The summed E-state index contributed by atoms with van der Waals surface area (Å²) in [7, 11) is 1.43. The number of benzene rings is 1. The molecule has 1 heterocycles. The van der Waals surface area contributed by atoms with Crippen molar-refractivity contribution in [2.75, 3.05) is 7.11 Å². The van der Waals surface area contributed by atoms with E-state index in [4.69, 9.17) is 9.47 Å². The van der Waals surface area contributed by atoms with Crippen molar-refractivity contribution in [1.29, 1.82) is 0 Å². The molecule has 1 fully saturated rings. The molecule has 1 saturated heterocycles. The van der Waals surface area contributed by atoms with E-state index in [1.165, 1.54) is 12.7 Å². The lowest BCUT2D eigenvalue weighted by atomic mass is 9.75. The van der Waals surface area contributed by atoms with Crippen molar-refractivity contribution in [3.63, 3.8) is 0 Å². The molecule has 0 aromatic heterocycles. The lowest BCUT2D eigenvalue weighted by Crippen LogP contribution is -2.48. The van der Waals surface area contributed by atoms with Crippen molar-refractivity contribution >= 4 is 5.97 Å². The van der Waals surface area contributed by atoms with Crippen LogP contribution in [0.15, 0.2) is 30.3 Å². The van der Waals surface area contributed by atoms with Gasteiger partial charge in [0.1, 0.15) is 0 Å². The zero-order valence-corrected chi connectivity index (χ0v) is 13.4. The molecule has 5 atom stereocenters. The predicted molar refractivity (Wildman–Crippen MR) is 82.9 cm³/mol. The van der Waals surface area contributed by atoms with E-state index in [0.717, 1.165) is 12.8 Å². The average Bonchev–Trinajstić information content (AvgIpc) is 2.52. The summed E-state index contributed by atoms with van der Waals surface area (Å²) in [5.74, 6) is 0.847. The number of hydrogen-bond acceptors (Lipinski definition) is 3. The van der Waals surface area contributed by atoms with E-state index < -0.39 is 6.10 Å². The van der Waals surface area contributed by atoms with Crippen LogP contribution in [0.5, 0.6) is 0 Å². The summed E-state index contributed by atoms with van der Waals surface area (Å²) in [5.41, 5.74) is 1.31. The molecular weight excluding hydrogens is 264 g/mol. The molecule has 0 saturated carbocycles. The lowest BCUT2D eigenvalue weighted by molar-refractivity contribution is -0.182. The Labute approximate surface area is 127 Å². The minimum Gasteiger partial charge on any atom is -0.467 e. The highest BCUT2D eigenvalue weighted by Crippen LogP contribution is 2.37. The smallest absolute Gasteiger partial charge is 0.335 e. The number of ether oxygens (including phenoxy) is 2. The molecule has 2 rings (SSSR count). The second-order valence-electron chi connectivity index (χ2n) is 6.22. The second-order valence-corrected chi connectivity index (χ2v) is 6.22. The molecular formula is C18H26O3. The number of methoxy groups -OCH3 is 1. The molecule has 0 spiro atoms. The van der Waals surface area contributed by atoms with Gasteiger partial charge in [-0.25, -0.2) is 4.79 Å². The maximum atomic E-state index is 11.9. The molecule has 1 aromatic rings. The first kappa shape index (κ1) is 16.0. The third kappa shape index (κ3) is 3.65. The normalized spacial score (nSPS) is 32.7. The molecule has 116 valence electrons. The molecule has 0 amide bonds. The predicted octanol–water partition coefficient (Wildman–Crippen LogP) is 3.47. The van der Waals surface area contributed by atoms with E-state index >= 15 is 0 Å². The Morgan fingerprint density at radius 1 is 1.10 bits per heavy atom. The Hall–Kier alpha value is -1.35. The van der Waals surface area contributed by atoms with Gasteiger partial charge in [0.15, 0.2) is 6.10 Å². The van der Waals surface area contributed by atoms with Gasteiger partial charge in [-0.3, -0.25) is 0 Å². The number of aryl methyl sites for hydroxylation is 1. The Kier molecular flexibility index (Phi) is 5.40. The van der Waals surface area contributed by atoms with E-state index in [1.807, 2.05) is 6.07 Å². The topological polar surface area (TPSA) is 35.5 Å². The summed E-state index contributed by atoms with van der Waals surface area (Å²) in [6, 6.07) is 10.4. The minimum atomic E-state index is -0.429. The standard InChI is InChI=1S/C18H26O3/c1-12-13(2)16(11-10-15-8-6-5-7-9-15)21-17(14(12)3)18(19)20-4/h5-9,12-14,16-17H,10-11H2,1-4H3/t12-,13+,14-,16+,17+/m1/s1. The van der Waals surface area contributed by atoms with Gasteiger partial charge in [-0.1, -0.05) is 51.1 Å². The molecule has 0 aliphatic carbocycles. The van der Waals surface area contributed by atoms with Crippen LogP contribution in [0.2, 0.25) is 0 Å². The number of hydrogen-bond donors (Lipinski definition) is 0. The monoisotopic (exact) mass is 290 g/mol. The fourth-order valence-corrected chi connectivity index (χ4v) is 3.20. The minimum absolute atomic E-state index is 0.112. The van der Waals surface area contributed by atoms with Crippen LogP contribution in [0.1, 0.15) is 32.8 Å². The van der Waals surface area contributed by atoms with E-state index in [-0.39, 0.29) is 18.0 Å². The Bertz CT molecular complexity index is 457. The molecule has 3 nitrogen and oxygen atoms in total. The van der Waals surface area contributed by atoms with Gasteiger partial charge in [0, 0.05) is 0 Å². The summed E-state index contributed by atoms with van der Waals surface area (Å²) in [4.78, 5) is 11.9. The van der Waals surface area contributed by atoms with E-state index in [1.54, 1.807) is 0 Å². The molecule has 21 heavy (non-hydrogen) atoms. The molecule has 0 unspecified atom stereocenters. The van der Waals surface area contributed by atoms with Crippen molar-refractivity contribution in [3.8, 4) is 0 Å². The molecule has 0 bridgehead atoms. The Morgan fingerprint density at radius 2 is 1.76 bits per heavy atom. The summed E-state index contributed by atoms with van der Waals surface area (Å²) in [6.07, 6.45) is 1.60. The van der Waals surface area contributed by atoms with Crippen molar-refractivity contribution in [2.24, 2.45) is 17.8 Å². The maximum Gasteiger partial charge on any atom is 0.335 e. The first-order valence-corrected chi connectivity index (χ1v) is 7.81.